The van der Waals surface area contributed by atoms with Crippen LogP contribution in [0.2, 0.25) is 0 Å². The van der Waals surface area contributed by atoms with Gasteiger partial charge in [0, 0.05) is 24.5 Å². The highest BCUT2D eigenvalue weighted by molar-refractivity contribution is 7.89. The minimum Gasteiger partial charge on any atom is -0.492 e. The minimum atomic E-state index is -3.66. The average Bonchev–Trinajstić information content (AvgIpc) is 3.25. The van der Waals surface area contributed by atoms with Crippen molar-refractivity contribution in [2.45, 2.75) is 44.6 Å². The Morgan fingerprint density at radius 1 is 1.13 bits per heavy atom. The summed E-state index contributed by atoms with van der Waals surface area (Å²) in [6.07, 6.45) is 1.72. The van der Waals surface area contributed by atoms with E-state index in [2.05, 4.69) is 10.6 Å². The first kappa shape index (κ1) is 22.1. The molecule has 2 N–H and O–H groups in total. The summed E-state index contributed by atoms with van der Waals surface area (Å²) in [7, 11) is -3.66. The molecule has 0 aromatic heterocycles. The second-order valence-corrected chi connectivity index (χ2v) is 9.34. The van der Waals surface area contributed by atoms with E-state index in [9.17, 15) is 13.2 Å². The van der Waals surface area contributed by atoms with Crippen molar-refractivity contribution in [2.24, 2.45) is 0 Å². The third-order valence-corrected chi connectivity index (χ3v) is 6.91. The van der Waals surface area contributed by atoms with E-state index in [0.29, 0.717) is 31.1 Å². The number of anilines is 2. The van der Waals surface area contributed by atoms with Crippen molar-refractivity contribution in [3.8, 4) is 5.75 Å². The van der Waals surface area contributed by atoms with E-state index in [1.165, 1.54) is 4.31 Å². The number of nitrogens with one attached hydrogen (secondary N) is 2. The third-order valence-electron chi connectivity index (χ3n) is 4.99. The lowest BCUT2D eigenvalue weighted by molar-refractivity contribution is -0.116. The summed E-state index contributed by atoms with van der Waals surface area (Å²) in [5, 5.41) is 5.97. The highest BCUT2D eigenvalue weighted by Crippen LogP contribution is 2.32. The lowest BCUT2D eigenvalue weighted by atomic mass is 10.2. The number of nitrogens with zero attached hydrogens (tertiary/aromatic N) is 1. The number of amides is 1. The van der Waals surface area contributed by atoms with Crippen LogP contribution in [0.5, 0.6) is 5.75 Å². The maximum absolute atomic E-state index is 13.1. The number of sulfonamides is 1. The molecule has 1 heterocycles. The van der Waals surface area contributed by atoms with Gasteiger partial charge in [0.2, 0.25) is 15.9 Å². The Labute approximate surface area is 178 Å². The van der Waals surface area contributed by atoms with Crippen molar-refractivity contribution in [1.29, 1.82) is 0 Å². The number of aryl methyl sites for hydroxylation is 1. The molecule has 2 aromatic carbocycles. The standard InChI is InChI=1S/C22H29N3O4S/c1-4-29-20-11-10-19(15-21(20)30(27,28)25-12-5-6-13-25)23-17(3)22(26)24-18-9-7-8-16(2)14-18/h7-11,14-15,17,23H,4-6,12-13H2,1-3H3,(H,24,26). The highest BCUT2D eigenvalue weighted by atomic mass is 32.2. The second kappa shape index (κ2) is 9.49. The fourth-order valence-electron chi connectivity index (χ4n) is 3.43. The molecule has 7 nitrogen and oxygen atoms in total. The van der Waals surface area contributed by atoms with Gasteiger partial charge in [0.15, 0.2) is 0 Å². The summed E-state index contributed by atoms with van der Waals surface area (Å²) >= 11 is 0. The van der Waals surface area contributed by atoms with Crippen LogP contribution in [0.15, 0.2) is 47.4 Å². The molecule has 1 aliphatic heterocycles. The van der Waals surface area contributed by atoms with E-state index in [1.807, 2.05) is 38.1 Å². The molecular weight excluding hydrogens is 402 g/mol. The summed E-state index contributed by atoms with van der Waals surface area (Å²) in [6.45, 7) is 6.90. The summed E-state index contributed by atoms with van der Waals surface area (Å²) in [5.41, 5.74) is 2.32. The molecule has 0 spiro atoms. The van der Waals surface area contributed by atoms with Crippen molar-refractivity contribution in [3.63, 3.8) is 0 Å². The molecule has 162 valence electrons. The predicted molar refractivity (Wildman–Crippen MR) is 118 cm³/mol. The largest absolute Gasteiger partial charge is 0.492 e. The Hall–Kier alpha value is -2.58. The monoisotopic (exact) mass is 431 g/mol. The van der Waals surface area contributed by atoms with Gasteiger partial charge in [0.1, 0.15) is 16.7 Å². The summed E-state index contributed by atoms with van der Waals surface area (Å²) in [5.74, 6) is 0.116. The van der Waals surface area contributed by atoms with Crippen LogP contribution in [0.4, 0.5) is 11.4 Å². The van der Waals surface area contributed by atoms with Gasteiger partial charge in [-0.25, -0.2) is 8.42 Å². The van der Waals surface area contributed by atoms with Gasteiger partial charge in [-0.15, -0.1) is 0 Å². The van der Waals surface area contributed by atoms with Crippen LogP contribution in [-0.4, -0.2) is 44.4 Å². The highest BCUT2D eigenvalue weighted by Gasteiger charge is 2.30. The maximum Gasteiger partial charge on any atom is 0.246 e. The molecule has 8 heteroatoms. The fraction of sp³-hybridized carbons (Fsp3) is 0.409. The van der Waals surface area contributed by atoms with E-state index in [1.54, 1.807) is 25.1 Å². The molecule has 0 saturated carbocycles. The molecule has 1 fully saturated rings. The molecule has 0 aliphatic carbocycles. The average molecular weight is 432 g/mol. The zero-order chi connectivity index (χ0) is 21.7. The first-order valence-electron chi connectivity index (χ1n) is 10.2. The third kappa shape index (κ3) is 5.12. The van der Waals surface area contributed by atoms with Crippen LogP contribution in [-0.2, 0) is 14.8 Å². The van der Waals surface area contributed by atoms with Crippen LogP contribution in [0.1, 0.15) is 32.3 Å². The zero-order valence-corrected chi connectivity index (χ0v) is 18.5. The number of benzene rings is 2. The van der Waals surface area contributed by atoms with Gasteiger partial charge in [-0.1, -0.05) is 12.1 Å². The van der Waals surface area contributed by atoms with Gasteiger partial charge in [-0.3, -0.25) is 4.79 Å². The van der Waals surface area contributed by atoms with Gasteiger partial charge >= 0.3 is 0 Å². The lowest BCUT2D eigenvalue weighted by Gasteiger charge is -2.20. The molecular formula is C22H29N3O4S. The van der Waals surface area contributed by atoms with Gasteiger partial charge in [-0.2, -0.15) is 4.31 Å². The van der Waals surface area contributed by atoms with E-state index in [4.69, 9.17) is 4.74 Å². The number of rotatable bonds is 8. The Morgan fingerprint density at radius 3 is 2.53 bits per heavy atom. The topological polar surface area (TPSA) is 87.7 Å². The van der Waals surface area contributed by atoms with Crippen molar-refractivity contribution < 1.29 is 17.9 Å². The Morgan fingerprint density at radius 2 is 1.87 bits per heavy atom. The number of hydrogen-bond donors (Lipinski definition) is 2. The number of ether oxygens (including phenoxy) is 1. The molecule has 1 saturated heterocycles. The molecule has 3 rings (SSSR count). The minimum absolute atomic E-state index is 0.127. The molecule has 1 atom stereocenters. The predicted octanol–water partition coefficient (Wildman–Crippen LogP) is 3.62. The number of carbonyl (C=O) groups excluding carboxylic acids is 1. The summed E-state index contributed by atoms with van der Waals surface area (Å²) in [4.78, 5) is 12.7. The zero-order valence-electron chi connectivity index (χ0n) is 17.6. The molecule has 2 aromatic rings. The van der Waals surface area contributed by atoms with E-state index < -0.39 is 16.1 Å². The Kier molecular flexibility index (Phi) is 6.99. The van der Waals surface area contributed by atoms with Crippen LogP contribution in [0.3, 0.4) is 0 Å². The Bertz CT molecular complexity index is 1000. The fourth-order valence-corrected chi connectivity index (χ4v) is 5.10. The second-order valence-electron chi connectivity index (χ2n) is 7.43. The normalized spacial score (nSPS) is 15.6. The van der Waals surface area contributed by atoms with Gasteiger partial charge in [-0.05, 0) is 69.5 Å². The molecule has 0 bridgehead atoms. The SMILES string of the molecule is CCOc1ccc(NC(C)C(=O)Nc2cccc(C)c2)cc1S(=O)(=O)N1CCCC1. The molecule has 1 unspecified atom stereocenters. The van der Waals surface area contributed by atoms with Crippen LogP contribution < -0.4 is 15.4 Å². The molecule has 0 radical (unpaired) electrons. The summed E-state index contributed by atoms with van der Waals surface area (Å²) < 4.78 is 33.3. The van der Waals surface area contributed by atoms with Gasteiger partial charge in [0.25, 0.3) is 0 Å². The van der Waals surface area contributed by atoms with E-state index >= 15 is 0 Å². The molecule has 30 heavy (non-hydrogen) atoms. The first-order chi connectivity index (χ1) is 14.3. The van der Waals surface area contributed by atoms with E-state index in [0.717, 1.165) is 24.1 Å². The lowest BCUT2D eigenvalue weighted by Crippen LogP contribution is -2.32. The molecule has 1 amide bonds. The maximum atomic E-state index is 13.1. The van der Waals surface area contributed by atoms with Gasteiger partial charge < -0.3 is 15.4 Å². The van der Waals surface area contributed by atoms with E-state index in [-0.39, 0.29) is 10.8 Å². The van der Waals surface area contributed by atoms with Crippen molar-refractivity contribution >= 4 is 27.3 Å². The first-order valence-corrected chi connectivity index (χ1v) is 11.7. The van der Waals surface area contributed by atoms with Crippen LogP contribution in [0, 0.1) is 6.92 Å². The quantitative estimate of drug-likeness (QED) is 0.667. The van der Waals surface area contributed by atoms with Crippen LogP contribution >= 0.6 is 0 Å². The molecule has 1 aliphatic rings. The smallest absolute Gasteiger partial charge is 0.246 e. The van der Waals surface area contributed by atoms with Crippen molar-refractivity contribution in [3.05, 3.63) is 48.0 Å². The van der Waals surface area contributed by atoms with Crippen LogP contribution in [0.25, 0.3) is 0 Å². The number of hydrogen-bond acceptors (Lipinski definition) is 5. The van der Waals surface area contributed by atoms with Crippen molar-refractivity contribution in [1.82, 2.24) is 4.31 Å². The summed E-state index contributed by atoms with van der Waals surface area (Å²) in [6, 6.07) is 11.9. The number of carbonyl (C=O) groups is 1. The van der Waals surface area contributed by atoms with Crippen molar-refractivity contribution in [2.75, 3.05) is 30.3 Å². The van der Waals surface area contributed by atoms with Gasteiger partial charge in [0.05, 0.1) is 6.61 Å². The Balaban J connectivity index is 1.79.